The van der Waals surface area contributed by atoms with E-state index in [9.17, 15) is 14.7 Å². The topological polar surface area (TPSA) is 66.8 Å². The van der Waals surface area contributed by atoms with Gasteiger partial charge in [0.05, 0.1) is 10.0 Å². The predicted molar refractivity (Wildman–Crippen MR) is 133 cm³/mol. The molecule has 0 radical (unpaired) electrons. The number of carbonyl (C=O) groups is 2. The highest BCUT2D eigenvalue weighted by Gasteiger charge is 2.36. The Labute approximate surface area is 212 Å². The normalized spacial score (nSPS) is 16.6. The highest BCUT2D eigenvalue weighted by molar-refractivity contribution is 6.42. The fraction of sp³-hybridized carbons (Fsp3) is 0.231. The monoisotopic (exact) mass is 517 g/mol. The number of carboxylic acid groups (broad SMARTS) is 1. The van der Waals surface area contributed by atoms with Gasteiger partial charge in [-0.05, 0) is 60.0 Å². The summed E-state index contributed by atoms with van der Waals surface area (Å²) < 4.78 is 6.23. The van der Waals surface area contributed by atoms with Crippen LogP contribution in [-0.4, -0.2) is 34.0 Å². The first-order valence-corrected chi connectivity index (χ1v) is 11.8. The molecule has 3 aromatic carbocycles. The summed E-state index contributed by atoms with van der Waals surface area (Å²) in [5.41, 5.74) is 2.35. The predicted octanol–water partition coefficient (Wildman–Crippen LogP) is 6.31. The molecule has 0 saturated carbocycles. The third kappa shape index (κ3) is 5.49. The smallest absolute Gasteiger partial charge is 0.323 e. The second-order valence-corrected chi connectivity index (χ2v) is 9.85. The van der Waals surface area contributed by atoms with Gasteiger partial charge in [0.1, 0.15) is 17.9 Å². The Hall–Kier alpha value is -2.73. The molecule has 0 spiro atoms. The molecule has 1 N–H and O–H groups in total. The number of rotatable bonds is 7. The van der Waals surface area contributed by atoms with Crippen molar-refractivity contribution in [3.8, 4) is 5.75 Å². The number of halogens is 3. The molecule has 0 aliphatic carbocycles. The lowest BCUT2D eigenvalue weighted by atomic mass is 9.91. The second kappa shape index (κ2) is 9.87. The van der Waals surface area contributed by atoms with Crippen LogP contribution in [0.25, 0.3) is 0 Å². The molecule has 4 rings (SSSR count). The second-order valence-electron chi connectivity index (χ2n) is 8.63. The van der Waals surface area contributed by atoms with Crippen LogP contribution in [0.5, 0.6) is 5.75 Å². The Kier molecular flexibility index (Phi) is 7.08. The van der Waals surface area contributed by atoms with Gasteiger partial charge in [-0.2, -0.15) is 0 Å². The minimum absolute atomic E-state index is 0.129. The Bertz CT molecular complexity index is 1260. The fourth-order valence-corrected chi connectivity index (χ4v) is 4.84. The van der Waals surface area contributed by atoms with Crippen LogP contribution in [-0.2, 0) is 24.2 Å². The van der Waals surface area contributed by atoms with Gasteiger partial charge in [-0.15, -0.1) is 0 Å². The number of carboxylic acids is 1. The van der Waals surface area contributed by atoms with Gasteiger partial charge in [-0.25, -0.2) is 0 Å². The Balaban J connectivity index is 1.55. The zero-order chi connectivity index (χ0) is 24.5. The minimum atomic E-state index is -1.09. The van der Waals surface area contributed by atoms with Gasteiger partial charge in [0.25, 0.3) is 5.91 Å². The van der Waals surface area contributed by atoms with Crippen LogP contribution < -0.4 is 4.74 Å². The number of aliphatic carboxylic acids is 1. The van der Waals surface area contributed by atoms with Gasteiger partial charge in [0.2, 0.25) is 0 Å². The molecular formula is C26H22Cl3NO4. The van der Waals surface area contributed by atoms with Crippen molar-refractivity contribution in [2.75, 3.05) is 6.54 Å². The molecule has 8 heteroatoms. The summed E-state index contributed by atoms with van der Waals surface area (Å²) in [4.78, 5) is 26.0. The third-order valence-corrected chi connectivity index (χ3v) is 6.79. The number of fused-ring (bicyclic) bond motifs is 1. The molecule has 1 aliphatic heterocycles. The Morgan fingerprint density at radius 2 is 1.82 bits per heavy atom. The average Bonchev–Trinajstić information content (AvgIpc) is 3.10. The molecule has 0 fully saturated rings. The molecular weight excluding hydrogens is 497 g/mol. The molecule has 34 heavy (non-hydrogen) atoms. The third-order valence-electron chi connectivity index (χ3n) is 5.70. The molecule has 0 unspecified atom stereocenters. The molecule has 0 saturated heterocycles. The summed E-state index contributed by atoms with van der Waals surface area (Å²) in [7, 11) is 0. The highest BCUT2D eigenvalue weighted by atomic mass is 35.5. The van der Waals surface area contributed by atoms with Gasteiger partial charge in [0, 0.05) is 30.0 Å². The lowest BCUT2D eigenvalue weighted by Gasteiger charge is -2.24. The molecule has 1 heterocycles. The maximum absolute atomic E-state index is 13.3. The van der Waals surface area contributed by atoms with Crippen molar-refractivity contribution in [2.24, 2.45) is 0 Å². The van der Waals surface area contributed by atoms with E-state index < -0.39 is 18.1 Å². The van der Waals surface area contributed by atoms with E-state index in [1.807, 2.05) is 19.1 Å². The summed E-state index contributed by atoms with van der Waals surface area (Å²) >= 11 is 18.6. The van der Waals surface area contributed by atoms with E-state index in [4.69, 9.17) is 39.5 Å². The lowest BCUT2D eigenvalue weighted by Crippen LogP contribution is -2.35. The van der Waals surface area contributed by atoms with Gasteiger partial charge >= 0.3 is 5.97 Å². The van der Waals surface area contributed by atoms with E-state index in [0.717, 1.165) is 16.7 Å². The largest absolute Gasteiger partial charge is 0.487 e. The first-order valence-electron chi connectivity index (χ1n) is 10.6. The molecule has 3 aromatic rings. The van der Waals surface area contributed by atoms with Crippen molar-refractivity contribution in [1.29, 1.82) is 0 Å². The molecule has 0 bridgehead atoms. The average molecular weight is 519 g/mol. The Morgan fingerprint density at radius 1 is 1.06 bits per heavy atom. The van der Waals surface area contributed by atoms with Crippen molar-refractivity contribution in [3.05, 3.63) is 98.0 Å². The summed E-state index contributed by atoms with van der Waals surface area (Å²) in [6.07, 6.45) is 1.11. The number of amides is 1. The van der Waals surface area contributed by atoms with E-state index in [2.05, 4.69) is 0 Å². The molecule has 0 aromatic heterocycles. The van der Waals surface area contributed by atoms with Gasteiger partial charge in [-0.1, -0.05) is 59.1 Å². The highest BCUT2D eigenvalue weighted by Crippen LogP contribution is 2.39. The van der Waals surface area contributed by atoms with Crippen molar-refractivity contribution < 1.29 is 19.4 Å². The SMILES string of the molecule is C[C@]1(Cc2cccc(Cl)c2Cl)Cc2cc(C(=O)N(CC(=O)O)Cc3cccc(Cl)c3)ccc2O1. The van der Waals surface area contributed by atoms with E-state index in [0.29, 0.717) is 39.2 Å². The molecule has 1 aliphatic rings. The van der Waals surface area contributed by atoms with E-state index >= 15 is 0 Å². The zero-order valence-corrected chi connectivity index (χ0v) is 20.6. The first kappa shape index (κ1) is 24.4. The van der Waals surface area contributed by atoms with Gasteiger partial charge in [0.15, 0.2) is 0 Å². The number of benzene rings is 3. The molecule has 1 amide bonds. The van der Waals surface area contributed by atoms with Crippen LogP contribution in [0, 0.1) is 0 Å². The van der Waals surface area contributed by atoms with Crippen LogP contribution in [0.1, 0.15) is 34.0 Å². The van der Waals surface area contributed by atoms with Crippen LogP contribution in [0.2, 0.25) is 15.1 Å². The molecule has 5 nitrogen and oxygen atoms in total. The standard InChI is InChI=1S/C26H22Cl3NO4/c1-26(12-18-5-3-7-21(28)24(18)29)13-19-11-17(8-9-22(19)34-26)25(33)30(15-23(31)32)14-16-4-2-6-20(27)10-16/h2-11H,12-15H2,1H3,(H,31,32)/t26-/m0/s1. The summed E-state index contributed by atoms with van der Waals surface area (Å²) in [6, 6.07) is 17.7. The number of hydrogen-bond acceptors (Lipinski definition) is 3. The summed E-state index contributed by atoms with van der Waals surface area (Å²) in [5, 5.41) is 10.9. The number of carbonyl (C=O) groups excluding carboxylic acids is 1. The maximum atomic E-state index is 13.3. The van der Waals surface area contributed by atoms with E-state index in [1.54, 1.807) is 48.5 Å². The zero-order valence-electron chi connectivity index (χ0n) is 18.4. The van der Waals surface area contributed by atoms with Gasteiger partial charge < -0.3 is 14.7 Å². The number of hydrogen-bond donors (Lipinski definition) is 1. The Morgan fingerprint density at radius 3 is 2.56 bits per heavy atom. The number of nitrogens with zero attached hydrogens (tertiary/aromatic N) is 1. The summed E-state index contributed by atoms with van der Waals surface area (Å²) in [5.74, 6) is -0.778. The van der Waals surface area contributed by atoms with Crippen LogP contribution in [0.3, 0.4) is 0 Å². The van der Waals surface area contributed by atoms with E-state index in [-0.39, 0.29) is 12.5 Å². The number of ether oxygens (including phenoxy) is 1. The van der Waals surface area contributed by atoms with Crippen LogP contribution >= 0.6 is 34.8 Å². The van der Waals surface area contributed by atoms with E-state index in [1.165, 1.54) is 4.90 Å². The quantitative estimate of drug-likeness (QED) is 0.398. The van der Waals surface area contributed by atoms with Crippen molar-refractivity contribution >= 4 is 46.7 Å². The van der Waals surface area contributed by atoms with Crippen molar-refractivity contribution in [1.82, 2.24) is 4.90 Å². The fourth-order valence-electron chi connectivity index (χ4n) is 4.24. The maximum Gasteiger partial charge on any atom is 0.323 e. The summed E-state index contributed by atoms with van der Waals surface area (Å²) in [6.45, 7) is 1.69. The van der Waals surface area contributed by atoms with Gasteiger partial charge in [-0.3, -0.25) is 9.59 Å². The van der Waals surface area contributed by atoms with Crippen molar-refractivity contribution in [3.63, 3.8) is 0 Å². The lowest BCUT2D eigenvalue weighted by molar-refractivity contribution is -0.137. The van der Waals surface area contributed by atoms with Crippen LogP contribution in [0.15, 0.2) is 60.7 Å². The minimum Gasteiger partial charge on any atom is -0.487 e. The molecule has 1 atom stereocenters. The first-order chi connectivity index (χ1) is 16.1. The van der Waals surface area contributed by atoms with Crippen molar-refractivity contribution in [2.45, 2.75) is 31.9 Å². The molecule has 176 valence electrons. The van der Waals surface area contributed by atoms with Crippen LogP contribution in [0.4, 0.5) is 0 Å².